The topological polar surface area (TPSA) is 89.9 Å². The van der Waals surface area contributed by atoms with Gasteiger partial charge in [-0.3, -0.25) is 9.59 Å². The SMILES string of the molecule is C=C(C)C(=O)OCCOC(=O)CC(C(=O)O)C(C)/C=C(\C)CC/C=C(\C)CC. The highest BCUT2D eigenvalue weighted by Crippen LogP contribution is 2.21. The Balaban J connectivity index is 4.57. The van der Waals surface area contributed by atoms with E-state index in [2.05, 4.69) is 26.5 Å². The number of carbonyl (C=O) groups is 3. The van der Waals surface area contributed by atoms with Gasteiger partial charge in [0.1, 0.15) is 13.2 Å². The van der Waals surface area contributed by atoms with Gasteiger partial charge in [-0.25, -0.2) is 4.79 Å². The Bertz CT molecular complexity index is 615. The van der Waals surface area contributed by atoms with E-state index in [1.54, 1.807) is 6.92 Å². The molecule has 0 spiro atoms. The second kappa shape index (κ2) is 13.7. The molecule has 0 radical (unpaired) electrons. The quantitative estimate of drug-likeness (QED) is 0.215. The predicted octanol–water partition coefficient (Wildman–Crippen LogP) is 4.46. The second-order valence-electron chi connectivity index (χ2n) is 7.10. The van der Waals surface area contributed by atoms with Gasteiger partial charge in [-0.15, -0.1) is 0 Å². The average molecular weight is 395 g/mol. The van der Waals surface area contributed by atoms with Crippen LogP contribution in [0.5, 0.6) is 0 Å². The van der Waals surface area contributed by atoms with E-state index in [1.165, 1.54) is 12.5 Å². The van der Waals surface area contributed by atoms with Crippen LogP contribution in [0.25, 0.3) is 0 Å². The molecule has 0 heterocycles. The highest BCUT2D eigenvalue weighted by molar-refractivity contribution is 5.86. The van der Waals surface area contributed by atoms with E-state index in [0.29, 0.717) is 0 Å². The molecule has 28 heavy (non-hydrogen) atoms. The zero-order valence-electron chi connectivity index (χ0n) is 17.7. The summed E-state index contributed by atoms with van der Waals surface area (Å²) in [6.07, 6.45) is 6.66. The number of aliphatic carboxylic acids is 1. The number of carbonyl (C=O) groups excluding carboxylic acids is 2. The third kappa shape index (κ3) is 11.4. The minimum atomic E-state index is -1.04. The van der Waals surface area contributed by atoms with Crippen molar-refractivity contribution in [1.82, 2.24) is 0 Å². The number of carboxylic acids is 1. The molecule has 158 valence electrons. The zero-order valence-corrected chi connectivity index (χ0v) is 17.7. The highest BCUT2D eigenvalue weighted by Gasteiger charge is 2.27. The third-order valence-corrected chi connectivity index (χ3v) is 4.40. The molecule has 0 saturated heterocycles. The van der Waals surface area contributed by atoms with Crippen molar-refractivity contribution in [3.8, 4) is 0 Å². The van der Waals surface area contributed by atoms with Crippen molar-refractivity contribution < 1.29 is 29.0 Å². The van der Waals surface area contributed by atoms with Crippen LogP contribution >= 0.6 is 0 Å². The molecule has 0 aromatic heterocycles. The van der Waals surface area contributed by atoms with E-state index in [9.17, 15) is 19.5 Å². The Morgan fingerprint density at radius 1 is 1.07 bits per heavy atom. The molecule has 2 atom stereocenters. The molecule has 0 aliphatic heterocycles. The normalized spacial score (nSPS) is 14.2. The second-order valence-corrected chi connectivity index (χ2v) is 7.10. The smallest absolute Gasteiger partial charge is 0.333 e. The molecule has 0 aliphatic carbocycles. The van der Waals surface area contributed by atoms with Crippen molar-refractivity contribution in [2.24, 2.45) is 11.8 Å². The van der Waals surface area contributed by atoms with Crippen LogP contribution in [0.3, 0.4) is 0 Å². The number of esters is 2. The highest BCUT2D eigenvalue weighted by atomic mass is 16.6. The molecule has 0 aromatic rings. The number of hydrogen-bond acceptors (Lipinski definition) is 5. The standard InChI is InChI=1S/C22H34O6/c1-7-16(4)9-8-10-17(5)13-18(6)19(21(24)25)14-20(23)27-11-12-28-22(26)15(2)3/h9,13,18-19H,2,7-8,10-12,14H2,1,3-6H3,(H,24,25)/b16-9+,17-13+. The molecular weight excluding hydrogens is 360 g/mol. The Labute approximate surface area is 168 Å². The van der Waals surface area contributed by atoms with E-state index >= 15 is 0 Å². The molecule has 0 aromatic carbocycles. The van der Waals surface area contributed by atoms with Crippen LogP contribution in [0.4, 0.5) is 0 Å². The van der Waals surface area contributed by atoms with E-state index in [0.717, 1.165) is 24.8 Å². The first-order valence-electron chi connectivity index (χ1n) is 9.62. The van der Waals surface area contributed by atoms with Crippen LogP contribution < -0.4 is 0 Å². The van der Waals surface area contributed by atoms with E-state index in [-0.39, 0.29) is 31.1 Å². The fourth-order valence-electron chi connectivity index (χ4n) is 2.49. The van der Waals surface area contributed by atoms with Gasteiger partial charge in [0.15, 0.2) is 0 Å². The summed E-state index contributed by atoms with van der Waals surface area (Å²) < 4.78 is 9.80. The molecule has 6 nitrogen and oxygen atoms in total. The van der Waals surface area contributed by atoms with Crippen LogP contribution in [0, 0.1) is 11.8 Å². The summed E-state index contributed by atoms with van der Waals surface area (Å²) in [6, 6.07) is 0. The van der Waals surface area contributed by atoms with Crippen molar-refractivity contribution in [2.45, 2.75) is 60.3 Å². The lowest BCUT2D eigenvalue weighted by atomic mass is 9.89. The molecule has 0 amide bonds. The summed E-state index contributed by atoms with van der Waals surface area (Å²) in [7, 11) is 0. The van der Waals surface area contributed by atoms with Crippen LogP contribution in [0.2, 0.25) is 0 Å². The molecule has 0 fully saturated rings. The minimum absolute atomic E-state index is 0.0889. The summed E-state index contributed by atoms with van der Waals surface area (Å²) in [4.78, 5) is 34.7. The minimum Gasteiger partial charge on any atom is -0.481 e. The number of rotatable bonds is 13. The number of carboxylic acid groups (broad SMARTS) is 1. The average Bonchev–Trinajstić information content (AvgIpc) is 2.62. The zero-order chi connectivity index (χ0) is 21.7. The first-order chi connectivity index (χ1) is 13.1. The summed E-state index contributed by atoms with van der Waals surface area (Å²) in [5.74, 6) is -3.39. The van der Waals surface area contributed by atoms with Gasteiger partial charge in [-0.1, -0.05) is 43.7 Å². The molecular formula is C22H34O6. The number of allylic oxidation sites excluding steroid dienone is 4. The lowest BCUT2D eigenvalue weighted by molar-refractivity contribution is -0.155. The molecule has 0 saturated carbocycles. The third-order valence-electron chi connectivity index (χ3n) is 4.40. The molecule has 0 rings (SSSR count). The Kier molecular flexibility index (Phi) is 12.6. The van der Waals surface area contributed by atoms with Crippen molar-refractivity contribution in [1.29, 1.82) is 0 Å². The van der Waals surface area contributed by atoms with E-state index in [4.69, 9.17) is 9.47 Å². The van der Waals surface area contributed by atoms with Crippen molar-refractivity contribution in [2.75, 3.05) is 13.2 Å². The first-order valence-corrected chi connectivity index (χ1v) is 9.62. The van der Waals surface area contributed by atoms with Crippen LogP contribution in [0.1, 0.15) is 60.3 Å². The molecule has 6 heteroatoms. The van der Waals surface area contributed by atoms with E-state index in [1.807, 2.05) is 13.0 Å². The van der Waals surface area contributed by atoms with Crippen LogP contribution in [-0.2, 0) is 23.9 Å². The summed E-state index contributed by atoms with van der Waals surface area (Å²) >= 11 is 0. The fraction of sp³-hybridized carbons (Fsp3) is 0.591. The van der Waals surface area contributed by atoms with Gasteiger partial charge in [-0.2, -0.15) is 0 Å². The van der Waals surface area contributed by atoms with Crippen molar-refractivity contribution in [3.63, 3.8) is 0 Å². The van der Waals surface area contributed by atoms with Gasteiger partial charge in [0.05, 0.1) is 12.3 Å². The maximum atomic E-state index is 11.9. The van der Waals surface area contributed by atoms with Crippen LogP contribution in [0.15, 0.2) is 35.5 Å². The molecule has 1 N–H and O–H groups in total. The maximum Gasteiger partial charge on any atom is 0.333 e. The molecule has 2 unspecified atom stereocenters. The largest absolute Gasteiger partial charge is 0.481 e. The van der Waals surface area contributed by atoms with Crippen LogP contribution in [-0.4, -0.2) is 36.2 Å². The summed E-state index contributed by atoms with van der Waals surface area (Å²) in [5.41, 5.74) is 2.69. The van der Waals surface area contributed by atoms with Gasteiger partial charge < -0.3 is 14.6 Å². The molecule has 0 aliphatic rings. The maximum absolute atomic E-state index is 11.9. The molecule has 0 bridgehead atoms. The van der Waals surface area contributed by atoms with Gasteiger partial charge in [0.2, 0.25) is 0 Å². The Morgan fingerprint density at radius 3 is 2.21 bits per heavy atom. The van der Waals surface area contributed by atoms with Gasteiger partial charge in [0, 0.05) is 5.57 Å². The van der Waals surface area contributed by atoms with Crippen molar-refractivity contribution in [3.05, 3.63) is 35.5 Å². The van der Waals surface area contributed by atoms with Gasteiger partial charge in [0.25, 0.3) is 0 Å². The summed E-state index contributed by atoms with van der Waals surface area (Å²) in [5, 5.41) is 9.47. The van der Waals surface area contributed by atoms with Gasteiger partial charge >= 0.3 is 17.9 Å². The lowest BCUT2D eigenvalue weighted by Gasteiger charge is -2.17. The Morgan fingerprint density at radius 2 is 1.68 bits per heavy atom. The number of ether oxygens (including phenoxy) is 2. The van der Waals surface area contributed by atoms with Gasteiger partial charge in [-0.05, 0) is 46.0 Å². The Hall–Kier alpha value is -2.37. The predicted molar refractivity (Wildman–Crippen MR) is 109 cm³/mol. The van der Waals surface area contributed by atoms with Crippen molar-refractivity contribution >= 4 is 17.9 Å². The lowest BCUT2D eigenvalue weighted by Crippen LogP contribution is -2.25. The fourth-order valence-corrected chi connectivity index (χ4v) is 2.49. The monoisotopic (exact) mass is 394 g/mol. The van der Waals surface area contributed by atoms with E-state index < -0.39 is 23.8 Å². The first kappa shape index (κ1) is 25.6. The number of hydrogen-bond donors (Lipinski definition) is 1. The summed E-state index contributed by atoms with van der Waals surface area (Å²) in [6.45, 7) is 12.7.